The van der Waals surface area contributed by atoms with Gasteiger partial charge in [-0.2, -0.15) is 0 Å². The Bertz CT molecular complexity index is 221. The van der Waals surface area contributed by atoms with Crippen LogP contribution in [0.15, 0.2) is 0 Å². The summed E-state index contributed by atoms with van der Waals surface area (Å²) in [6.07, 6.45) is -1.33. The Morgan fingerprint density at radius 1 is 1.38 bits per heavy atom. The molecule has 13 heavy (non-hydrogen) atoms. The van der Waals surface area contributed by atoms with E-state index >= 15 is 0 Å². The second-order valence-electron chi connectivity index (χ2n) is 2.55. The molecule has 0 fully saturated rings. The van der Waals surface area contributed by atoms with Crippen LogP contribution in [0.4, 0.5) is 4.79 Å². The van der Waals surface area contributed by atoms with E-state index in [9.17, 15) is 9.36 Å². The molecular weight excluding hydrogens is 197 g/mol. The molecule has 0 saturated carbocycles. The van der Waals surface area contributed by atoms with Crippen LogP contribution in [0.1, 0.15) is 13.8 Å². The zero-order valence-corrected chi connectivity index (χ0v) is 8.95. The quantitative estimate of drug-likeness (QED) is 0.717. The number of carboxylic acid groups (broad SMARTS) is 1. The van der Waals surface area contributed by atoms with Crippen molar-refractivity contribution in [1.82, 2.24) is 4.67 Å². The summed E-state index contributed by atoms with van der Waals surface area (Å²) in [5.41, 5.74) is 0. The Balaban J connectivity index is 4.92. The number of hydrogen-bond acceptors (Lipinski definition) is 4. The Hall–Kier alpha value is -0.580. The standard InChI is InChI=1S/C6H14NO5P/c1-5(2)7(6(8)9)13(10,11-3)12-4/h5H,1-4H3,(H,8,9). The summed E-state index contributed by atoms with van der Waals surface area (Å²) in [5.74, 6) is 0. The van der Waals surface area contributed by atoms with E-state index in [0.717, 1.165) is 14.2 Å². The summed E-state index contributed by atoms with van der Waals surface area (Å²) in [6, 6.07) is -0.469. The molecule has 0 aliphatic rings. The lowest BCUT2D eigenvalue weighted by Gasteiger charge is -2.28. The topological polar surface area (TPSA) is 76.1 Å². The average Bonchev–Trinajstić information content (AvgIpc) is 2.02. The van der Waals surface area contributed by atoms with Crippen LogP contribution in [-0.2, 0) is 13.6 Å². The third-order valence-corrected chi connectivity index (χ3v) is 3.49. The van der Waals surface area contributed by atoms with Gasteiger partial charge in [-0.15, -0.1) is 0 Å². The molecule has 0 heterocycles. The van der Waals surface area contributed by atoms with Crippen molar-refractivity contribution in [1.29, 1.82) is 0 Å². The first-order valence-electron chi connectivity index (χ1n) is 3.63. The highest BCUT2D eigenvalue weighted by Crippen LogP contribution is 2.51. The summed E-state index contributed by atoms with van der Waals surface area (Å²) >= 11 is 0. The molecule has 78 valence electrons. The van der Waals surface area contributed by atoms with Crippen molar-refractivity contribution in [2.24, 2.45) is 0 Å². The fourth-order valence-corrected chi connectivity index (χ4v) is 2.14. The van der Waals surface area contributed by atoms with E-state index < -0.39 is 19.9 Å². The molecule has 0 aromatic heterocycles. The van der Waals surface area contributed by atoms with Crippen molar-refractivity contribution < 1.29 is 23.5 Å². The van der Waals surface area contributed by atoms with Crippen LogP contribution < -0.4 is 0 Å². The lowest BCUT2D eigenvalue weighted by atomic mass is 10.4. The van der Waals surface area contributed by atoms with Gasteiger partial charge < -0.3 is 5.11 Å². The molecule has 0 saturated heterocycles. The van der Waals surface area contributed by atoms with Gasteiger partial charge in [0.2, 0.25) is 0 Å². The maximum Gasteiger partial charge on any atom is 0.439 e. The van der Waals surface area contributed by atoms with Crippen molar-refractivity contribution in [3.63, 3.8) is 0 Å². The number of amides is 1. The number of carbonyl (C=O) groups is 1. The molecule has 0 aromatic rings. The van der Waals surface area contributed by atoms with Gasteiger partial charge in [-0.25, -0.2) is 14.0 Å². The summed E-state index contributed by atoms with van der Waals surface area (Å²) in [7, 11) is -1.39. The minimum absolute atomic E-state index is 0.469. The van der Waals surface area contributed by atoms with E-state index in [1.165, 1.54) is 0 Å². The highest BCUT2D eigenvalue weighted by Gasteiger charge is 2.37. The van der Waals surface area contributed by atoms with Gasteiger partial charge in [0.15, 0.2) is 0 Å². The normalized spacial score (nSPS) is 11.8. The Labute approximate surface area is 77.0 Å². The van der Waals surface area contributed by atoms with Crippen LogP contribution >= 0.6 is 7.75 Å². The van der Waals surface area contributed by atoms with Crippen molar-refractivity contribution in [2.45, 2.75) is 19.9 Å². The van der Waals surface area contributed by atoms with Crippen molar-refractivity contribution in [2.75, 3.05) is 14.2 Å². The minimum Gasteiger partial charge on any atom is -0.465 e. The Kier molecular flexibility index (Phi) is 4.39. The molecule has 1 amide bonds. The van der Waals surface area contributed by atoms with Crippen molar-refractivity contribution >= 4 is 13.8 Å². The maximum absolute atomic E-state index is 11.6. The predicted molar refractivity (Wildman–Crippen MR) is 46.6 cm³/mol. The lowest BCUT2D eigenvalue weighted by molar-refractivity contribution is 0.140. The van der Waals surface area contributed by atoms with Gasteiger partial charge in [-0.3, -0.25) is 9.05 Å². The zero-order chi connectivity index (χ0) is 10.6. The molecular formula is C6H14NO5P. The first-order valence-corrected chi connectivity index (χ1v) is 5.12. The average molecular weight is 211 g/mol. The van der Waals surface area contributed by atoms with Crippen LogP contribution in [-0.4, -0.2) is 36.1 Å². The van der Waals surface area contributed by atoms with Gasteiger partial charge >= 0.3 is 13.8 Å². The highest BCUT2D eigenvalue weighted by atomic mass is 31.2. The van der Waals surface area contributed by atoms with E-state index in [4.69, 9.17) is 5.11 Å². The summed E-state index contributed by atoms with van der Waals surface area (Å²) < 4.78 is 21.4. The van der Waals surface area contributed by atoms with Crippen LogP contribution in [0.2, 0.25) is 0 Å². The maximum atomic E-state index is 11.6. The fourth-order valence-electron chi connectivity index (χ4n) is 0.859. The molecule has 0 spiro atoms. The Morgan fingerprint density at radius 3 is 1.85 bits per heavy atom. The van der Waals surface area contributed by atoms with Crippen LogP contribution in [0.5, 0.6) is 0 Å². The van der Waals surface area contributed by atoms with E-state index in [1.54, 1.807) is 13.8 Å². The van der Waals surface area contributed by atoms with Gasteiger partial charge in [-0.05, 0) is 13.8 Å². The number of rotatable bonds is 4. The van der Waals surface area contributed by atoms with E-state index in [2.05, 4.69) is 9.05 Å². The van der Waals surface area contributed by atoms with Gasteiger partial charge in [0, 0.05) is 20.3 Å². The first-order chi connectivity index (χ1) is 5.89. The molecule has 1 N–H and O–H groups in total. The number of nitrogens with zero attached hydrogens (tertiary/aromatic N) is 1. The van der Waals surface area contributed by atoms with E-state index in [-0.39, 0.29) is 0 Å². The molecule has 0 aliphatic heterocycles. The molecule has 0 aromatic carbocycles. The molecule has 0 radical (unpaired) electrons. The first kappa shape index (κ1) is 12.4. The molecule has 0 bridgehead atoms. The minimum atomic E-state index is -3.67. The predicted octanol–water partition coefficient (Wildman–Crippen LogP) is 1.78. The Morgan fingerprint density at radius 2 is 1.77 bits per heavy atom. The highest BCUT2D eigenvalue weighted by molar-refractivity contribution is 7.52. The number of hydrogen-bond donors (Lipinski definition) is 1. The molecule has 6 nitrogen and oxygen atoms in total. The largest absolute Gasteiger partial charge is 0.465 e. The second-order valence-corrected chi connectivity index (χ2v) is 4.65. The third kappa shape index (κ3) is 2.69. The van der Waals surface area contributed by atoms with E-state index in [0.29, 0.717) is 4.67 Å². The fraction of sp³-hybridized carbons (Fsp3) is 0.833. The molecule has 0 atom stereocenters. The summed E-state index contributed by atoms with van der Waals surface area (Å²) in [5, 5.41) is 8.74. The molecule has 0 unspecified atom stereocenters. The molecule has 0 rings (SSSR count). The van der Waals surface area contributed by atoms with Gasteiger partial charge in [0.1, 0.15) is 0 Å². The van der Waals surface area contributed by atoms with E-state index in [1.807, 2.05) is 0 Å². The molecule has 0 aliphatic carbocycles. The van der Waals surface area contributed by atoms with Gasteiger partial charge in [-0.1, -0.05) is 0 Å². The second kappa shape index (κ2) is 4.60. The summed E-state index contributed by atoms with van der Waals surface area (Å²) in [6.45, 7) is 3.16. The third-order valence-electron chi connectivity index (χ3n) is 1.41. The van der Waals surface area contributed by atoms with Gasteiger partial charge in [0.05, 0.1) is 0 Å². The summed E-state index contributed by atoms with van der Waals surface area (Å²) in [4.78, 5) is 10.7. The molecule has 7 heteroatoms. The van der Waals surface area contributed by atoms with Crippen LogP contribution in [0.3, 0.4) is 0 Å². The monoisotopic (exact) mass is 211 g/mol. The van der Waals surface area contributed by atoms with Crippen molar-refractivity contribution in [3.05, 3.63) is 0 Å². The van der Waals surface area contributed by atoms with Crippen LogP contribution in [0.25, 0.3) is 0 Å². The lowest BCUT2D eigenvalue weighted by Crippen LogP contribution is -2.33. The smallest absolute Gasteiger partial charge is 0.439 e. The zero-order valence-electron chi connectivity index (χ0n) is 8.05. The van der Waals surface area contributed by atoms with Gasteiger partial charge in [0.25, 0.3) is 0 Å². The van der Waals surface area contributed by atoms with Crippen LogP contribution in [0, 0.1) is 0 Å². The SMILES string of the molecule is COP(=O)(OC)N(C(=O)O)C(C)C. The van der Waals surface area contributed by atoms with Crippen molar-refractivity contribution in [3.8, 4) is 0 Å².